The summed E-state index contributed by atoms with van der Waals surface area (Å²) in [6, 6.07) is 8.25. The van der Waals surface area contributed by atoms with Gasteiger partial charge in [0, 0.05) is 24.5 Å². The van der Waals surface area contributed by atoms with Gasteiger partial charge in [-0.05, 0) is 30.0 Å². The Morgan fingerprint density at radius 3 is 2.74 bits per heavy atom. The zero-order valence-corrected chi connectivity index (χ0v) is 11.6. The standard InChI is InChI=1S/C15H15N3S/c1-2-9-18-13(12-5-7-16-8-6-12)11-17-15(18)14-4-3-10-19-14/h3-8,10-11H,2,9H2,1H3. The molecule has 0 atom stereocenters. The van der Waals surface area contributed by atoms with E-state index in [1.807, 2.05) is 30.7 Å². The predicted molar refractivity (Wildman–Crippen MR) is 79.1 cm³/mol. The van der Waals surface area contributed by atoms with Crippen molar-refractivity contribution in [1.82, 2.24) is 14.5 Å². The van der Waals surface area contributed by atoms with Gasteiger partial charge in [0.1, 0.15) is 5.82 Å². The molecule has 0 aliphatic rings. The molecule has 3 rings (SSSR count). The quantitative estimate of drug-likeness (QED) is 0.714. The summed E-state index contributed by atoms with van der Waals surface area (Å²) in [6.45, 7) is 3.17. The van der Waals surface area contributed by atoms with Crippen LogP contribution in [0.1, 0.15) is 13.3 Å². The fourth-order valence-electron chi connectivity index (χ4n) is 2.18. The molecule has 0 fully saturated rings. The summed E-state index contributed by atoms with van der Waals surface area (Å²) >= 11 is 1.73. The molecule has 0 N–H and O–H groups in total. The molecule has 0 aliphatic carbocycles. The Kier molecular flexibility index (Phi) is 3.42. The summed E-state index contributed by atoms with van der Waals surface area (Å²) in [6.07, 6.45) is 6.69. The van der Waals surface area contributed by atoms with E-state index in [9.17, 15) is 0 Å². The number of hydrogen-bond donors (Lipinski definition) is 0. The molecule has 0 amide bonds. The number of aromatic nitrogens is 3. The lowest BCUT2D eigenvalue weighted by Crippen LogP contribution is -2.01. The van der Waals surface area contributed by atoms with Gasteiger partial charge in [0.05, 0.1) is 16.8 Å². The van der Waals surface area contributed by atoms with E-state index >= 15 is 0 Å². The minimum absolute atomic E-state index is 0.977. The van der Waals surface area contributed by atoms with Crippen LogP contribution in [0.15, 0.2) is 48.2 Å². The normalized spacial score (nSPS) is 10.8. The minimum Gasteiger partial charge on any atom is -0.323 e. The lowest BCUT2D eigenvalue weighted by molar-refractivity contribution is 0.692. The van der Waals surface area contributed by atoms with Crippen LogP contribution in [0.4, 0.5) is 0 Å². The van der Waals surface area contributed by atoms with Crippen molar-refractivity contribution >= 4 is 11.3 Å². The first-order chi connectivity index (χ1) is 9.40. The van der Waals surface area contributed by atoms with Gasteiger partial charge in [-0.3, -0.25) is 4.98 Å². The van der Waals surface area contributed by atoms with Crippen molar-refractivity contribution in [2.24, 2.45) is 0 Å². The van der Waals surface area contributed by atoms with Crippen molar-refractivity contribution in [3.63, 3.8) is 0 Å². The van der Waals surface area contributed by atoms with Gasteiger partial charge in [-0.15, -0.1) is 11.3 Å². The van der Waals surface area contributed by atoms with Gasteiger partial charge >= 0.3 is 0 Å². The average molecular weight is 269 g/mol. The first-order valence-electron chi connectivity index (χ1n) is 6.40. The molecule has 0 unspecified atom stereocenters. The van der Waals surface area contributed by atoms with Crippen molar-refractivity contribution in [2.75, 3.05) is 0 Å². The lowest BCUT2D eigenvalue weighted by Gasteiger charge is -2.10. The lowest BCUT2D eigenvalue weighted by atomic mass is 10.2. The minimum atomic E-state index is 0.977. The van der Waals surface area contributed by atoms with Crippen molar-refractivity contribution in [3.05, 3.63) is 48.2 Å². The van der Waals surface area contributed by atoms with Crippen LogP contribution >= 0.6 is 11.3 Å². The third-order valence-electron chi connectivity index (χ3n) is 3.02. The van der Waals surface area contributed by atoms with Gasteiger partial charge in [0.25, 0.3) is 0 Å². The van der Waals surface area contributed by atoms with E-state index < -0.39 is 0 Å². The van der Waals surface area contributed by atoms with Crippen LogP contribution in [0.2, 0.25) is 0 Å². The number of rotatable bonds is 4. The molecule has 0 aromatic carbocycles. The van der Waals surface area contributed by atoms with Crippen LogP contribution in [0, 0.1) is 0 Å². The van der Waals surface area contributed by atoms with Crippen LogP contribution in [0.25, 0.3) is 22.0 Å². The molecule has 0 spiro atoms. The Hall–Kier alpha value is -1.94. The molecule has 0 aliphatic heterocycles. The molecule has 3 nitrogen and oxygen atoms in total. The van der Waals surface area contributed by atoms with Gasteiger partial charge in [0.2, 0.25) is 0 Å². The summed E-state index contributed by atoms with van der Waals surface area (Å²) in [5.74, 6) is 1.06. The van der Waals surface area contributed by atoms with E-state index in [0.717, 1.165) is 24.5 Å². The smallest absolute Gasteiger partial charge is 0.150 e. The topological polar surface area (TPSA) is 30.7 Å². The molecule has 19 heavy (non-hydrogen) atoms. The fourth-order valence-corrected chi connectivity index (χ4v) is 2.91. The second-order valence-corrected chi connectivity index (χ2v) is 5.28. The van der Waals surface area contributed by atoms with Crippen molar-refractivity contribution in [3.8, 4) is 22.0 Å². The van der Waals surface area contributed by atoms with Gasteiger partial charge in [-0.2, -0.15) is 0 Å². The second kappa shape index (κ2) is 5.36. The maximum absolute atomic E-state index is 4.61. The Morgan fingerprint density at radius 2 is 2.05 bits per heavy atom. The van der Waals surface area contributed by atoms with Crippen LogP contribution in [-0.4, -0.2) is 14.5 Å². The van der Waals surface area contributed by atoms with Crippen LogP contribution in [0.3, 0.4) is 0 Å². The third kappa shape index (κ3) is 2.31. The Bertz CT molecular complexity index is 641. The van der Waals surface area contributed by atoms with E-state index in [1.54, 1.807) is 11.3 Å². The van der Waals surface area contributed by atoms with E-state index in [-0.39, 0.29) is 0 Å². The SMILES string of the molecule is CCCn1c(-c2ccncc2)cnc1-c1cccs1. The summed E-state index contributed by atoms with van der Waals surface area (Å²) in [5, 5.41) is 2.09. The van der Waals surface area contributed by atoms with Gasteiger partial charge in [-0.25, -0.2) is 4.98 Å². The zero-order valence-electron chi connectivity index (χ0n) is 10.8. The number of nitrogens with zero attached hydrogens (tertiary/aromatic N) is 3. The first kappa shape index (κ1) is 12.1. The number of hydrogen-bond acceptors (Lipinski definition) is 3. The zero-order chi connectivity index (χ0) is 13.1. The highest BCUT2D eigenvalue weighted by atomic mass is 32.1. The monoisotopic (exact) mass is 269 g/mol. The van der Waals surface area contributed by atoms with E-state index in [4.69, 9.17) is 0 Å². The van der Waals surface area contributed by atoms with E-state index in [2.05, 4.69) is 39.0 Å². The molecule has 96 valence electrons. The van der Waals surface area contributed by atoms with Crippen molar-refractivity contribution in [2.45, 2.75) is 19.9 Å². The molecular weight excluding hydrogens is 254 g/mol. The van der Waals surface area contributed by atoms with Crippen molar-refractivity contribution in [1.29, 1.82) is 0 Å². The maximum atomic E-state index is 4.61. The molecule has 0 bridgehead atoms. The highest BCUT2D eigenvalue weighted by Gasteiger charge is 2.13. The highest BCUT2D eigenvalue weighted by Crippen LogP contribution is 2.29. The van der Waals surface area contributed by atoms with E-state index in [1.165, 1.54) is 10.4 Å². The molecule has 3 heterocycles. The maximum Gasteiger partial charge on any atom is 0.150 e. The van der Waals surface area contributed by atoms with Crippen LogP contribution in [-0.2, 0) is 6.54 Å². The van der Waals surface area contributed by atoms with Gasteiger partial charge in [0.15, 0.2) is 0 Å². The molecule has 0 saturated heterocycles. The van der Waals surface area contributed by atoms with Crippen LogP contribution in [0.5, 0.6) is 0 Å². The molecule has 0 saturated carbocycles. The highest BCUT2D eigenvalue weighted by molar-refractivity contribution is 7.13. The summed E-state index contributed by atoms with van der Waals surface area (Å²) < 4.78 is 2.29. The average Bonchev–Trinajstić information content (AvgIpc) is 3.09. The Balaban J connectivity index is 2.11. The summed E-state index contributed by atoms with van der Waals surface area (Å²) in [4.78, 5) is 9.90. The molecule has 3 aromatic heterocycles. The molecule has 4 heteroatoms. The fraction of sp³-hybridized carbons (Fsp3) is 0.200. The third-order valence-corrected chi connectivity index (χ3v) is 3.89. The van der Waals surface area contributed by atoms with Gasteiger partial charge in [-0.1, -0.05) is 13.0 Å². The predicted octanol–water partition coefficient (Wildman–Crippen LogP) is 4.08. The largest absolute Gasteiger partial charge is 0.323 e. The molecule has 0 radical (unpaired) electrons. The van der Waals surface area contributed by atoms with Crippen LogP contribution < -0.4 is 0 Å². The number of imidazole rings is 1. The summed E-state index contributed by atoms with van der Waals surface area (Å²) in [7, 11) is 0. The van der Waals surface area contributed by atoms with Gasteiger partial charge < -0.3 is 4.57 Å². The Labute approximate surface area is 116 Å². The first-order valence-corrected chi connectivity index (χ1v) is 7.28. The molecule has 3 aromatic rings. The Morgan fingerprint density at radius 1 is 1.21 bits per heavy atom. The van der Waals surface area contributed by atoms with E-state index in [0.29, 0.717) is 0 Å². The second-order valence-electron chi connectivity index (χ2n) is 4.33. The molecular formula is C15H15N3S. The number of thiophene rings is 1. The number of pyridine rings is 1. The van der Waals surface area contributed by atoms with Crippen molar-refractivity contribution < 1.29 is 0 Å². The summed E-state index contributed by atoms with van der Waals surface area (Å²) in [5.41, 5.74) is 2.33.